The summed E-state index contributed by atoms with van der Waals surface area (Å²) in [5, 5.41) is 9.11. The standard InChI is InChI=1S/C13H14N2O/c14-8-12(11-6-3-7-15-9-11)13(16)10-4-1-2-5-10/h3,6-7,9-10,12H,1-2,4-5H2. The highest BCUT2D eigenvalue weighted by Crippen LogP contribution is 2.30. The zero-order valence-electron chi connectivity index (χ0n) is 9.10. The van der Waals surface area contributed by atoms with E-state index in [-0.39, 0.29) is 11.7 Å². The molecule has 0 bridgehead atoms. The molecule has 0 spiro atoms. The number of hydrogen-bond acceptors (Lipinski definition) is 3. The van der Waals surface area contributed by atoms with E-state index in [1.54, 1.807) is 24.5 Å². The third-order valence-corrected chi connectivity index (χ3v) is 3.19. The maximum absolute atomic E-state index is 12.1. The molecule has 16 heavy (non-hydrogen) atoms. The number of rotatable bonds is 3. The van der Waals surface area contributed by atoms with Crippen LogP contribution >= 0.6 is 0 Å². The van der Waals surface area contributed by atoms with Crippen LogP contribution < -0.4 is 0 Å². The number of hydrogen-bond donors (Lipinski definition) is 0. The summed E-state index contributed by atoms with van der Waals surface area (Å²) in [6.45, 7) is 0. The maximum Gasteiger partial charge on any atom is 0.157 e. The third kappa shape index (κ3) is 2.11. The smallest absolute Gasteiger partial charge is 0.157 e. The van der Waals surface area contributed by atoms with E-state index in [1.165, 1.54) is 0 Å². The lowest BCUT2D eigenvalue weighted by atomic mass is 9.88. The summed E-state index contributed by atoms with van der Waals surface area (Å²) in [5.74, 6) is -0.463. The van der Waals surface area contributed by atoms with Crippen LogP contribution in [0.15, 0.2) is 24.5 Å². The second-order valence-corrected chi connectivity index (χ2v) is 4.23. The molecule has 1 saturated carbocycles. The number of pyridine rings is 1. The van der Waals surface area contributed by atoms with Crippen LogP contribution in [0.25, 0.3) is 0 Å². The minimum atomic E-state index is -0.628. The van der Waals surface area contributed by atoms with Gasteiger partial charge in [-0.05, 0) is 24.5 Å². The topological polar surface area (TPSA) is 53.8 Å². The molecule has 0 saturated heterocycles. The molecule has 0 radical (unpaired) electrons. The number of carbonyl (C=O) groups is 1. The van der Waals surface area contributed by atoms with Crippen molar-refractivity contribution in [2.75, 3.05) is 0 Å². The largest absolute Gasteiger partial charge is 0.298 e. The molecular formula is C13H14N2O. The third-order valence-electron chi connectivity index (χ3n) is 3.19. The number of carbonyl (C=O) groups excluding carboxylic acids is 1. The molecule has 2 rings (SSSR count). The fourth-order valence-corrected chi connectivity index (χ4v) is 2.30. The SMILES string of the molecule is N#CC(C(=O)C1CCCC1)c1cccnc1. The fourth-order valence-electron chi connectivity index (χ4n) is 2.30. The zero-order chi connectivity index (χ0) is 11.4. The van der Waals surface area contributed by atoms with Crippen LogP contribution in [-0.4, -0.2) is 10.8 Å². The van der Waals surface area contributed by atoms with E-state index in [4.69, 9.17) is 5.26 Å². The number of aromatic nitrogens is 1. The van der Waals surface area contributed by atoms with Crippen LogP contribution in [0.5, 0.6) is 0 Å². The molecule has 1 fully saturated rings. The molecule has 82 valence electrons. The van der Waals surface area contributed by atoms with E-state index in [2.05, 4.69) is 11.1 Å². The van der Waals surface area contributed by atoms with Gasteiger partial charge in [0, 0.05) is 18.3 Å². The fraction of sp³-hybridized carbons (Fsp3) is 0.462. The normalized spacial score (nSPS) is 17.9. The highest BCUT2D eigenvalue weighted by molar-refractivity contribution is 5.90. The van der Waals surface area contributed by atoms with Gasteiger partial charge in [0.2, 0.25) is 0 Å². The molecule has 1 aromatic rings. The lowest BCUT2D eigenvalue weighted by Gasteiger charge is -2.12. The van der Waals surface area contributed by atoms with Gasteiger partial charge in [-0.2, -0.15) is 5.26 Å². The van der Waals surface area contributed by atoms with Gasteiger partial charge >= 0.3 is 0 Å². The van der Waals surface area contributed by atoms with Crippen molar-refractivity contribution >= 4 is 5.78 Å². The maximum atomic E-state index is 12.1. The van der Waals surface area contributed by atoms with Gasteiger partial charge in [0.15, 0.2) is 5.78 Å². The first-order valence-corrected chi connectivity index (χ1v) is 5.66. The van der Waals surface area contributed by atoms with Gasteiger partial charge in [-0.15, -0.1) is 0 Å². The number of ketones is 1. The van der Waals surface area contributed by atoms with Crippen LogP contribution in [0, 0.1) is 17.2 Å². The zero-order valence-corrected chi connectivity index (χ0v) is 9.10. The lowest BCUT2D eigenvalue weighted by molar-refractivity contribution is -0.123. The molecule has 0 amide bonds. The predicted molar refractivity (Wildman–Crippen MR) is 59.6 cm³/mol. The van der Waals surface area contributed by atoms with Crippen molar-refractivity contribution in [2.24, 2.45) is 5.92 Å². The summed E-state index contributed by atoms with van der Waals surface area (Å²) < 4.78 is 0. The van der Waals surface area contributed by atoms with Gasteiger partial charge in [0.05, 0.1) is 6.07 Å². The van der Waals surface area contributed by atoms with Gasteiger partial charge < -0.3 is 0 Å². The second kappa shape index (κ2) is 4.89. The highest BCUT2D eigenvalue weighted by atomic mass is 16.1. The van der Waals surface area contributed by atoms with Gasteiger partial charge in [0.1, 0.15) is 5.92 Å². The van der Waals surface area contributed by atoms with E-state index in [9.17, 15) is 4.79 Å². The molecule has 0 N–H and O–H groups in total. The Morgan fingerprint density at radius 3 is 2.81 bits per heavy atom. The van der Waals surface area contributed by atoms with Crippen molar-refractivity contribution in [1.82, 2.24) is 4.98 Å². The summed E-state index contributed by atoms with van der Waals surface area (Å²) in [4.78, 5) is 16.1. The van der Waals surface area contributed by atoms with Crippen molar-refractivity contribution in [1.29, 1.82) is 5.26 Å². The molecule has 1 aliphatic carbocycles. The average molecular weight is 214 g/mol. The molecule has 3 heteroatoms. The van der Waals surface area contributed by atoms with Crippen LogP contribution in [0.2, 0.25) is 0 Å². The van der Waals surface area contributed by atoms with E-state index in [0.717, 1.165) is 31.2 Å². The summed E-state index contributed by atoms with van der Waals surface area (Å²) in [6, 6.07) is 5.67. The Balaban J connectivity index is 2.17. The molecule has 1 heterocycles. The van der Waals surface area contributed by atoms with Crippen LogP contribution in [0.4, 0.5) is 0 Å². The molecular weight excluding hydrogens is 200 g/mol. The van der Waals surface area contributed by atoms with E-state index < -0.39 is 5.92 Å². The van der Waals surface area contributed by atoms with Crippen molar-refractivity contribution in [3.8, 4) is 6.07 Å². The Kier molecular flexibility index (Phi) is 3.31. The summed E-state index contributed by atoms with van der Waals surface area (Å²) >= 11 is 0. The van der Waals surface area contributed by atoms with Crippen LogP contribution in [0.1, 0.15) is 37.2 Å². The van der Waals surface area contributed by atoms with Crippen molar-refractivity contribution in [2.45, 2.75) is 31.6 Å². The quantitative estimate of drug-likeness (QED) is 0.776. The van der Waals surface area contributed by atoms with E-state index in [1.807, 2.05) is 0 Å². The van der Waals surface area contributed by atoms with E-state index in [0.29, 0.717) is 0 Å². The van der Waals surface area contributed by atoms with Gasteiger partial charge in [-0.1, -0.05) is 18.9 Å². The monoisotopic (exact) mass is 214 g/mol. The molecule has 1 aromatic heterocycles. The molecule has 1 atom stereocenters. The first kappa shape index (κ1) is 10.8. The molecule has 1 unspecified atom stereocenters. The average Bonchev–Trinajstić information content (AvgIpc) is 2.85. The van der Waals surface area contributed by atoms with Gasteiger partial charge in [0.25, 0.3) is 0 Å². The minimum absolute atomic E-state index is 0.0769. The lowest BCUT2D eigenvalue weighted by Crippen LogP contribution is -2.19. The Morgan fingerprint density at radius 2 is 2.25 bits per heavy atom. The van der Waals surface area contributed by atoms with E-state index >= 15 is 0 Å². The molecule has 3 nitrogen and oxygen atoms in total. The Labute approximate surface area is 95.1 Å². The molecule has 0 aliphatic heterocycles. The molecule has 1 aliphatic rings. The summed E-state index contributed by atoms with van der Waals surface area (Å²) in [5.41, 5.74) is 0.724. The first-order chi connectivity index (χ1) is 7.83. The Bertz CT molecular complexity index is 402. The van der Waals surface area contributed by atoms with Gasteiger partial charge in [-0.3, -0.25) is 9.78 Å². The number of Topliss-reactive ketones (excluding diaryl/α,β-unsaturated/α-hetero) is 1. The highest BCUT2D eigenvalue weighted by Gasteiger charge is 2.30. The van der Waals surface area contributed by atoms with Gasteiger partial charge in [-0.25, -0.2) is 0 Å². The Morgan fingerprint density at radius 1 is 1.50 bits per heavy atom. The summed E-state index contributed by atoms with van der Waals surface area (Å²) in [6.07, 6.45) is 7.37. The number of nitrogens with zero attached hydrogens (tertiary/aromatic N) is 2. The van der Waals surface area contributed by atoms with Crippen LogP contribution in [0.3, 0.4) is 0 Å². The molecule has 0 aromatic carbocycles. The van der Waals surface area contributed by atoms with Crippen molar-refractivity contribution < 1.29 is 4.79 Å². The first-order valence-electron chi connectivity index (χ1n) is 5.66. The minimum Gasteiger partial charge on any atom is -0.298 e. The number of nitriles is 1. The second-order valence-electron chi connectivity index (χ2n) is 4.23. The predicted octanol–water partition coefficient (Wildman–Crippen LogP) is 2.45. The summed E-state index contributed by atoms with van der Waals surface area (Å²) in [7, 11) is 0. The Hall–Kier alpha value is -1.69. The van der Waals surface area contributed by atoms with Crippen LogP contribution in [-0.2, 0) is 4.79 Å². The van der Waals surface area contributed by atoms with Crippen molar-refractivity contribution in [3.63, 3.8) is 0 Å². The van der Waals surface area contributed by atoms with Crippen molar-refractivity contribution in [3.05, 3.63) is 30.1 Å².